The second-order valence-corrected chi connectivity index (χ2v) is 3.43. The van der Waals surface area contributed by atoms with Gasteiger partial charge in [0.25, 0.3) is 0 Å². The van der Waals surface area contributed by atoms with Crippen molar-refractivity contribution in [2.75, 3.05) is 0 Å². The van der Waals surface area contributed by atoms with Crippen LogP contribution in [-0.4, -0.2) is 9.97 Å². The number of aromatic nitrogens is 2. The lowest BCUT2D eigenvalue weighted by Crippen LogP contribution is -2.02. The first kappa shape index (κ1) is 12.6. The van der Waals surface area contributed by atoms with Crippen LogP contribution in [0.2, 0.25) is 0 Å². The minimum absolute atomic E-state index is 0. The molecule has 2 N–H and O–H groups in total. The van der Waals surface area contributed by atoms with Crippen LogP contribution in [0.4, 0.5) is 0 Å². The van der Waals surface area contributed by atoms with Crippen molar-refractivity contribution in [3.63, 3.8) is 0 Å². The molecule has 16 heavy (non-hydrogen) atoms. The van der Waals surface area contributed by atoms with Crippen LogP contribution in [-0.2, 0) is 6.54 Å². The summed E-state index contributed by atoms with van der Waals surface area (Å²) >= 11 is 0. The molecule has 0 bridgehead atoms. The van der Waals surface area contributed by atoms with Crippen molar-refractivity contribution in [2.45, 2.75) is 13.5 Å². The number of benzene rings is 1. The zero-order valence-corrected chi connectivity index (χ0v) is 9.87. The third-order valence-electron chi connectivity index (χ3n) is 2.20. The summed E-state index contributed by atoms with van der Waals surface area (Å²) in [6.45, 7) is 2.44. The highest BCUT2D eigenvalue weighted by atomic mass is 35.5. The van der Waals surface area contributed by atoms with Gasteiger partial charge in [-0.05, 0) is 19.1 Å². The summed E-state index contributed by atoms with van der Waals surface area (Å²) in [5.74, 6) is 0.675. The van der Waals surface area contributed by atoms with Crippen LogP contribution < -0.4 is 5.73 Å². The molecule has 1 aromatic heterocycles. The minimum Gasteiger partial charge on any atom is -0.324 e. The smallest absolute Gasteiger partial charge is 0.142 e. The predicted molar refractivity (Wildman–Crippen MR) is 67.3 cm³/mol. The lowest BCUT2D eigenvalue weighted by atomic mass is 10.1. The molecule has 0 unspecified atom stereocenters. The SMILES string of the molecule is Cc1cccc(-c2ccnc(CN)n2)c1.Cl. The molecule has 0 saturated heterocycles. The van der Waals surface area contributed by atoms with Crippen LogP contribution in [0.3, 0.4) is 0 Å². The van der Waals surface area contributed by atoms with Gasteiger partial charge in [0.15, 0.2) is 0 Å². The van der Waals surface area contributed by atoms with E-state index in [9.17, 15) is 0 Å². The van der Waals surface area contributed by atoms with E-state index in [-0.39, 0.29) is 12.4 Å². The Bertz CT molecular complexity index is 471. The van der Waals surface area contributed by atoms with Gasteiger partial charge in [0.05, 0.1) is 12.2 Å². The summed E-state index contributed by atoms with van der Waals surface area (Å²) in [5, 5.41) is 0. The fraction of sp³-hybridized carbons (Fsp3) is 0.167. The quantitative estimate of drug-likeness (QED) is 0.869. The maximum Gasteiger partial charge on any atom is 0.142 e. The van der Waals surface area contributed by atoms with E-state index in [0.717, 1.165) is 11.3 Å². The van der Waals surface area contributed by atoms with E-state index in [0.29, 0.717) is 12.4 Å². The van der Waals surface area contributed by atoms with Crippen molar-refractivity contribution in [1.82, 2.24) is 9.97 Å². The van der Waals surface area contributed by atoms with Gasteiger partial charge >= 0.3 is 0 Å². The van der Waals surface area contributed by atoms with Gasteiger partial charge in [-0.2, -0.15) is 0 Å². The van der Waals surface area contributed by atoms with E-state index in [1.54, 1.807) is 6.20 Å². The average molecular weight is 236 g/mol. The van der Waals surface area contributed by atoms with Crippen molar-refractivity contribution < 1.29 is 0 Å². The van der Waals surface area contributed by atoms with Crippen LogP contribution in [0, 0.1) is 6.92 Å². The van der Waals surface area contributed by atoms with Gasteiger partial charge in [-0.1, -0.05) is 23.8 Å². The molecule has 0 fully saturated rings. The van der Waals surface area contributed by atoms with Crippen molar-refractivity contribution in [3.05, 3.63) is 47.9 Å². The van der Waals surface area contributed by atoms with Gasteiger partial charge in [0.1, 0.15) is 5.82 Å². The lowest BCUT2D eigenvalue weighted by Gasteiger charge is -2.03. The van der Waals surface area contributed by atoms with Crippen LogP contribution in [0.1, 0.15) is 11.4 Å². The van der Waals surface area contributed by atoms with Gasteiger partial charge in [0.2, 0.25) is 0 Å². The Hall–Kier alpha value is -1.45. The summed E-state index contributed by atoms with van der Waals surface area (Å²) < 4.78 is 0. The standard InChI is InChI=1S/C12H13N3.ClH/c1-9-3-2-4-10(7-9)11-5-6-14-12(8-13)15-11;/h2-7H,8,13H2,1H3;1H. The van der Waals surface area contributed by atoms with Gasteiger partial charge in [0, 0.05) is 11.8 Å². The normalized spacial score (nSPS) is 9.62. The van der Waals surface area contributed by atoms with E-state index in [1.165, 1.54) is 5.56 Å². The molecular weight excluding hydrogens is 222 g/mol. The summed E-state index contributed by atoms with van der Waals surface area (Å²) in [7, 11) is 0. The third-order valence-corrected chi connectivity index (χ3v) is 2.20. The Morgan fingerprint density at radius 1 is 1.25 bits per heavy atom. The van der Waals surface area contributed by atoms with Gasteiger partial charge in [-0.25, -0.2) is 9.97 Å². The average Bonchev–Trinajstić information content (AvgIpc) is 2.29. The number of nitrogens with zero attached hydrogens (tertiary/aromatic N) is 2. The Morgan fingerprint density at radius 3 is 2.75 bits per heavy atom. The molecule has 0 atom stereocenters. The molecule has 1 aromatic carbocycles. The lowest BCUT2D eigenvalue weighted by molar-refractivity contribution is 0.912. The second kappa shape index (κ2) is 5.58. The van der Waals surface area contributed by atoms with Crippen molar-refractivity contribution in [2.24, 2.45) is 5.73 Å². The number of aryl methyl sites for hydroxylation is 1. The Balaban J connectivity index is 0.00000128. The van der Waals surface area contributed by atoms with E-state index in [4.69, 9.17) is 5.73 Å². The largest absolute Gasteiger partial charge is 0.324 e. The number of rotatable bonds is 2. The van der Waals surface area contributed by atoms with Gasteiger partial charge < -0.3 is 5.73 Å². The number of hydrogen-bond acceptors (Lipinski definition) is 3. The van der Waals surface area contributed by atoms with Crippen LogP contribution in [0.25, 0.3) is 11.3 Å². The monoisotopic (exact) mass is 235 g/mol. The molecular formula is C12H14ClN3. The minimum atomic E-state index is 0. The molecule has 84 valence electrons. The molecule has 0 saturated carbocycles. The first-order valence-corrected chi connectivity index (χ1v) is 4.88. The van der Waals surface area contributed by atoms with E-state index < -0.39 is 0 Å². The molecule has 2 rings (SSSR count). The molecule has 0 aliphatic rings. The van der Waals surface area contributed by atoms with Crippen LogP contribution >= 0.6 is 12.4 Å². The van der Waals surface area contributed by atoms with E-state index in [2.05, 4.69) is 29.0 Å². The van der Waals surface area contributed by atoms with Crippen molar-refractivity contribution >= 4 is 12.4 Å². The molecule has 0 aliphatic heterocycles. The zero-order valence-electron chi connectivity index (χ0n) is 9.05. The molecule has 0 spiro atoms. The molecule has 2 aromatic rings. The van der Waals surface area contributed by atoms with Crippen LogP contribution in [0.5, 0.6) is 0 Å². The second-order valence-electron chi connectivity index (χ2n) is 3.43. The van der Waals surface area contributed by atoms with E-state index in [1.807, 2.05) is 18.2 Å². The summed E-state index contributed by atoms with van der Waals surface area (Å²) in [6, 6.07) is 10.1. The number of nitrogens with two attached hydrogens (primary N) is 1. The number of hydrogen-bond donors (Lipinski definition) is 1. The number of halogens is 1. The first-order chi connectivity index (χ1) is 7.29. The summed E-state index contributed by atoms with van der Waals surface area (Å²) in [5.41, 5.74) is 8.75. The highest BCUT2D eigenvalue weighted by Gasteiger charge is 2.00. The highest BCUT2D eigenvalue weighted by molar-refractivity contribution is 5.85. The maximum atomic E-state index is 5.50. The van der Waals surface area contributed by atoms with Crippen molar-refractivity contribution in [3.8, 4) is 11.3 Å². The van der Waals surface area contributed by atoms with E-state index >= 15 is 0 Å². The predicted octanol–water partition coefficient (Wildman–Crippen LogP) is 2.33. The molecule has 0 amide bonds. The van der Waals surface area contributed by atoms with Gasteiger partial charge in [-0.3, -0.25) is 0 Å². The fourth-order valence-electron chi connectivity index (χ4n) is 1.46. The Labute approximate surface area is 101 Å². The topological polar surface area (TPSA) is 51.8 Å². The first-order valence-electron chi connectivity index (χ1n) is 4.88. The Morgan fingerprint density at radius 2 is 2.06 bits per heavy atom. The zero-order chi connectivity index (χ0) is 10.7. The van der Waals surface area contributed by atoms with Crippen LogP contribution in [0.15, 0.2) is 36.5 Å². The molecule has 3 nitrogen and oxygen atoms in total. The molecule has 0 aliphatic carbocycles. The van der Waals surface area contributed by atoms with Gasteiger partial charge in [-0.15, -0.1) is 12.4 Å². The molecule has 4 heteroatoms. The maximum absolute atomic E-state index is 5.50. The Kier molecular flexibility index (Phi) is 4.40. The fourth-order valence-corrected chi connectivity index (χ4v) is 1.46. The molecule has 0 radical (unpaired) electrons. The van der Waals surface area contributed by atoms with Crippen molar-refractivity contribution in [1.29, 1.82) is 0 Å². The highest BCUT2D eigenvalue weighted by Crippen LogP contribution is 2.17. The molecule has 1 heterocycles. The summed E-state index contributed by atoms with van der Waals surface area (Å²) in [6.07, 6.45) is 1.74. The summed E-state index contributed by atoms with van der Waals surface area (Å²) in [4.78, 5) is 8.44. The third kappa shape index (κ3) is 2.78.